The van der Waals surface area contributed by atoms with Crippen molar-refractivity contribution in [2.45, 2.75) is 82.1 Å². The van der Waals surface area contributed by atoms with Crippen molar-refractivity contribution in [1.29, 1.82) is 0 Å². The minimum atomic E-state index is -5.84. The maximum absolute atomic E-state index is 13.6. The number of nitrogens with zero attached hydrogens (tertiary/aromatic N) is 2. The average Bonchev–Trinajstić information content (AvgIpc) is 2.86. The minimum absolute atomic E-state index is 0.00553. The average molecular weight is 608 g/mol. The molecular formula is C25H29F9N2O5. The van der Waals surface area contributed by atoms with Crippen LogP contribution < -0.4 is 0 Å². The zero-order valence-electron chi connectivity index (χ0n) is 21.9. The third kappa shape index (κ3) is 9.38. The van der Waals surface area contributed by atoms with E-state index in [1.165, 1.54) is 0 Å². The van der Waals surface area contributed by atoms with Crippen LogP contribution in [0.25, 0.3) is 0 Å². The van der Waals surface area contributed by atoms with Crippen molar-refractivity contribution in [2.75, 3.05) is 26.2 Å². The van der Waals surface area contributed by atoms with Gasteiger partial charge in [-0.05, 0) is 55.9 Å². The predicted octanol–water partition coefficient (Wildman–Crippen LogP) is 5.84. The molecule has 2 fully saturated rings. The van der Waals surface area contributed by atoms with Gasteiger partial charge < -0.3 is 19.1 Å². The third-order valence-corrected chi connectivity index (χ3v) is 7.05. The van der Waals surface area contributed by atoms with Gasteiger partial charge in [-0.25, -0.2) is 4.79 Å². The zero-order chi connectivity index (χ0) is 30.6. The molecule has 2 aliphatic rings. The highest BCUT2D eigenvalue weighted by Gasteiger charge is 2.60. The molecule has 0 radical (unpaired) electrons. The molecule has 1 amide bonds. The van der Waals surface area contributed by atoms with E-state index in [9.17, 15) is 49.1 Å². The smallest absolute Gasteiger partial charge is 0.434 e. The molecule has 2 saturated heterocycles. The van der Waals surface area contributed by atoms with Gasteiger partial charge in [0, 0.05) is 32.7 Å². The number of halogens is 9. The van der Waals surface area contributed by atoms with Crippen LogP contribution in [0.2, 0.25) is 0 Å². The molecular weight excluding hydrogens is 579 g/mol. The van der Waals surface area contributed by atoms with E-state index < -0.39 is 41.9 Å². The van der Waals surface area contributed by atoms with E-state index in [1.54, 1.807) is 13.0 Å². The molecule has 0 saturated carbocycles. The predicted molar refractivity (Wildman–Crippen MR) is 123 cm³/mol. The number of alkyl halides is 9. The summed E-state index contributed by atoms with van der Waals surface area (Å²) in [4.78, 5) is 25.1. The number of piperidine rings is 2. The van der Waals surface area contributed by atoms with Crippen LogP contribution in [-0.2, 0) is 38.3 Å². The van der Waals surface area contributed by atoms with Crippen LogP contribution in [-0.4, -0.2) is 78.7 Å². The molecule has 0 bridgehead atoms. The number of rotatable bonds is 8. The zero-order valence-corrected chi connectivity index (χ0v) is 21.9. The Balaban J connectivity index is 1.61. The van der Waals surface area contributed by atoms with Crippen LogP contribution in [0.4, 0.5) is 44.3 Å². The molecule has 3 rings (SSSR count). The second kappa shape index (κ2) is 12.6. The number of ether oxygens (including phenoxy) is 3. The van der Waals surface area contributed by atoms with Gasteiger partial charge in [-0.2, -0.15) is 39.5 Å². The van der Waals surface area contributed by atoms with Gasteiger partial charge in [-0.3, -0.25) is 9.69 Å². The third-order valence-electron chi connectivity index (χ3n) is 7.05. The highest BCUT2D eigenvalue weighted by atomic mass is 19.4. The molecule has 41 heavy (non-hydrogen) atoms. The molecule has 0 spiro atoms. The Bertz CT molecular complexity index is 1030. The number of hydrogen-bond acceptors (Lipinski definition) is 6. The molecule has 0 aliphatic carbocycles. The summed E-state index contributed by atoms with van der Waals surface area (Å²) in [5, 5.41) is 0. The summed E-state index contributed by atoms with van der Waals surface area (Å²) >= 11 is 0. The van der Waals surface area contributed by atoms with Crippen LogP contribution in [0.5, 0.6) is 0 Å². The number of amides is 1. The Morgan fingerprint density at radius 3 is 2.02 bits per heavy atom. The molecule has 2 aliphatic heterocycles. The van der Waals surface area contributed by atoms with E-state index in [0.717, 1.165) is 12.1 Å². The van der Waals surface area contributed by atoms with Gasteiger partial charge in [0.05, 0.1) is 17.8 Å². The Labute approximate surface area is 229 Å². The first-order valence-corrected chi connectivity index (χ1v) is 12.6. The van der Waals surface area contributed by atoms with Crippen molar-refractivity contribution in [2.24, 2.45) is 0 Å². The summed E-state index contributed by atoms with van der Waals surface area (Å²) < 4.78 is 132. The van der Waals surface area contributed by atoms with Crippen LogP contribution in [0.1, 0.15) is 49.3 Å². The SMILES string of the molecule is CC1(OCc2cc(CN3CCC(OC=O)CC3)cc(C(F)(F)F)c2)CCN(C(=O)OC(C(F)(F)F)C(F)(F)F)CC1. The summed E-state index contributed by atoms with van der Waals surface area (Å²) in [5.74, 6) is 0. The van der Waals surface area contributed by atoms with Crippen molar-refractivity contribution < 1.29 is 63.3 Å². The normalized spacial score (nSPS) is 19.3. The maximum atomic E-state index is 13.6. The first-order chi connectivity index (χ1) is 18.9. The monoisotopic (exact) mass is 608 g/mol. The standard InChI is InChI=1S/C25H29F9N2O5/c1-22(4-8-36(9-5-22)21(38)41-20(24(29,30)31)25(32,33)34)40-14-17-10-16(11-18(12-17)23(26,27)28)13-35-6-2-19(3-7-35)39-15-37/h10-12,15,19-20H,2-9,13-14H2,1H3. The summed E-state index contributed by atoms with van der Waals surface area (Å²) in [6.07, 6.45) is -21.5. The highest BCUT2D eigenvalue weighted by molar-refractivity contribution is 5.68. The molecule has 0 N–H and O–H groups in total. The Kier molecular flexibility index (Phi) is 10.1. The summed E-state index contributed by atoms with van der Waals surface area (Å²) in [7, 11) is 0. The van der Waals surface area contributed by atoms with Crippen molar-refractivity contribution in [3.8, 4) is 0 Å². The van der Waals surface area contributed by atoms with E-state index in [4.69, 9.17) is 9.47 Å². The van der Waals surface area contributed by atoms with Gasteiger partial charge in [0.25, 0.3) is 12.6 Å². The first-order valence-electron chi connectivity index (χ1n) is 12.6. The second-order valence-corrected chi connectivity index (χ2v) is 10.3. The number of likely N-dealkylation sites (tertiary alicyclic amines) is 2. The second-order valence-electron chi connectivity index (χ2n) is 10.3. The fourth-order valence-corrected chi connectivity index (χ4v) is 4.70. The van der Waals surface area contributed by atoms with Gasteiger partial charge in [-0.1, -0.05) is 6.07 Å². The quantitative estimate of drug-likeness (QED) is 0.273. The van der Waals surface area contributed by atoms with Crippen LogP contribution in [0.15, 0.2) is 18.2 Å². The van der Waals surface area contributed by atoms with E-state index in [0.29, 0.717) is 42.9 Å². The van der Waals surface area contributed by atoms with Crippen molar-refractivity contribution >= 4 is 12.6 Å². The highest BCUT2D eigenvalue weighted by Crippen LogP contribution is 2.37. The molecule has 232 valence electrons. The summed E-state index contributed by atoms with van der Waals surface area (Å²) in [6, 6.07) is 3.55. The van der Waals surface area contributed by atoms with Gasteiger partial charge in [0.15, 0.2) is 0 Å². The minimum Gasteiger partial charge on any atom is -0.464 e. The maximum Gasteiger partial charge on any atom is 0.434 e. The van der Waals surface area contributed by atoms with E-state index in [-0.39, 0.29) is 50.8 Å². The summed E-state index contributed by atoms with van der Waals surface area (Å²) in [6.45, 7) is 2.39. The lowest BCUT2D eigenvalue weighted by Crippen LogP contribution is -2.51. The van der Waals surface area contributed by atoms with Gasteiger partial charge in [0.1, 0.15) is 6.10 Å². The lowest BCUT2D eigenvalue weighted by Gasteiger charge is -2.39. The van der Waals surface area contributed by atoms with Crippen LogP contribution >= 0.6 is 0 Å². The Hall–Kier alpha value is -2.75. The Morgan fingerprint density at radius 1 is 0.951 bits per heavy atom. The number of carbonyl (C=O) groups is 2. The lowest BCUT2D eigenvalue weighted by atomic mass is 9.93. The molecule has 7 nitrogen and oxygen atoms in total. The lowest BCUT2D eigenvalue weighted by molar-refractivity contribution is -0.308. The number of hydrogen-bond donors (Lipinski definition) is 0. The molecule has 0 atom stereocenters. The molecule has 0 aromatic heterocycles. The van der Waals surface area contributed by atoms with Crippen molar-refractivity contribution in [3.05, 3.63) is 34.9 Å². The first kappa shape index (κ1) is 32.8. The topological polar surface area (TPSA) is 68.3 Å². The van der Waals surface area contributed by atoms with Gasteiger partial charge in [-0.15, -0.1) is 0 Å². The largest absolute Gasteiger partial charge is 0.464 e. The number of benzene rings is 1. The molecule has 0 unspecified atom stereocenters. The van der Waals surface area contributed by atoms with E-state index in [1.807, 2.05) is 4.90 Å². The fourth-order valence-electron chi connectivity index (χ4n) is 4.70. The van der Waals surface area contributed by atoms with Gasteiger partial charge >= 0.3 is 24.6 Å². The molecule has 16 heteroatoms. The number of carbonyl (C=O) groups excluding carboxylic acids is 2. The molecule has 1 aromatic carbocycles. The summed E-state index contributed by atoms with van der Waals surface area (Å²) in [5.41, 5.74) is -1.28. The molecule has 2 heterocycles. The fraction of sp³-hybridized carbons (Fsp3) is 0.680. The molecule has 1 aromatic rings. The van der Waals surface area contributed by atoms with Crippen LogP contribution in [0.3, 0.4) is 0 Å². The van der Waals surface area contributed by atoms with E-state index in [2.05, 4.69) is 4.74 Å². The Morgan fingerprint density at radius 2 is 1.51 bits per heavy atom. The van der Waals surface area contributed by atoms with Crippen molar-refractivity contribution in [3.63, 3.8) is 0 Å². The van der Waals surface area contributed by atoms with Crippen molar-refractivity contribution in [1.82, 2.24) is 9.80 Å². The van der Waals surface area contributed by atoms with Crippen LogP contribution in [0, 0.1) is 0 Å². The van der Waals surface area contributed by atoms with E-state index >= 15 is 0 Å². The van der Waals surface area contributed by atoms with Gasteiger partial charge in [0.2, 0.25) is 0 Å².